The summed E-state index contributed by atoms with van der Waals surface area (Å²) < 4.78 is 5.56. The van der Waals surface area contributed by atoms with Crippen molar-refractivity contribution in [2.24, 2.45) is 0 Å². The number of carbonyl (C=O) groups excluding carboxylic acids is 1. The summed E-state index contributed by atoms with van der Waals surface area (Å²) in [6, 6.07) is 9.70. The molecule has 0 aromatic heterocycles. The van der Waals surface area contributed by atoms with Gasteiger partial charge in [0.25, 0.3) is 0 Å². The molecule has 1 aliphatic rings. The van der Waals surface area contributed by atoms with Crippen LogP contribution in [0.3, 0.4) is 0 Å². The number of carbonyl (C=O) groups is 1. The van der Waals surface area contributed by atoms with E-state index >= 15 is 0 Å². The summed E-state index contributed by atoms with van der Waals surface area (Å²) in [5, 5.41) is 8.87. The highest BCUT2D eigenvalue weighted by Gasteiger charge is 2.23. The van der Waals surface area contributed by atoms with Gasteiger partial charge in [-0.05, 0) is 12.0 Å². The van der Waals surface area contributed by atoms with E-state index in [9.17, 15) is 4.79 Å². The van der Waals surface area contributed by atoms with Crippen LogP contribution in [0.4, 0.5) is 0 Å². The van der Waals surface area contributed by atoms with E-state index in [0.29, 0.717) is 18.6 Å². The predicted octanol–water partition coefficient (Wildman–Crippen LogP) is 2.54. The first-order valence-electron chi connectivity index (χ1n) is 5.52. The van der Waals surface area contributed by atoms with Crippen LogP contribution in [-0.4, -0.2) is 17.0 Å². The lowest BCUT2D eigenvalue weighted by Gasteiger charge is -2.18. The molecule has 3 nitrogen and oxygen atoms in total. The first-order valence-corrected chi connectivity index (χ1v) is 5.52. The van der Waals surface area contributed by atoms with E-state index in [1.807, 2.05) is 36.4 Å². The second-order valence-electron chi connectivity index (χ2n) is 3.87. The van der Waals surface area contributed by atoms with Crippen LogP contribution in [0.2, 0.25) is 0 Å². The summed E-state index contributed by atoms with van der Waals surface area (Å²) >= 11 is 0. The van der Waals surface area contributed by atoms with Crippen LogP contribution >= 0.6 is 0 Å². The Morgan fingerprint density at radius 2 is 2.12 bits per heavy atom. The minimum absolute atomic E-state index is 0.161. The van der Waals surface area contributed by atoms with Gasteiger partial charge in [-0.1, -0.05) is 42.5 Å². The molecule has 0 radical (unpaired) electrons. The van der Waals surface area contributed by atoms with Gasteiger partial charge in [0, 0.05) is 0 Å². The number of benzene rings is 1. The fraction of sp³-hybridized carbons (Fsp3) is 0.214. The molecule has 1 N–H and O–H groups in total. The van der Waals surface area contributed by atoms with E-state index in [1.165, 1.54) is 0 Å². The lowest BCUT2D eigenvalue weighted by atomic mass is 9.98. The predicted molar refractivity (Wildman–Crippen MR) is 64.5 cm³/mol. The van der Waals surface area contributed by atoms with Crippen LogP contribution < -0.4 is 0 Å². The minimum atomic E-state index is -0.487. The van der Waals surface area contributed by atoms with E-state index in [4.69, 9.17) is 9.84 Å². The maximum Gasteiger partial charge on any atom is 0.194 e. The van der Waals surface area contributed by atoms with Crippen molar-refractivity contribution in [1.82, 2.24) is 0 Å². The van der Waals surface area contributed by atoms with Crippen molar-refractivity contribution in [2.45, 2.75) is 19.1 Å². The molecule has 0 bridgehead atoms. The second-order valence-corrected chi connectivity index (χ2v) is 3.87. The maximum atomic E-state index is 11.8. The summed E-state index contributed by atoms with van der Waals surface area (Å²) in [5.41, 5.74) is 1.33. The summed E-state index contributed by atoms with van der Waals surface area (Å²) in [7, 11) is 0. The fourth-order valence-electron chi connectivity index (χ4n) is 1.72. The average Bonchev–Trinajstić information content (AvgIpc) is 2.39. The van der Waals surface area contributed by atoms with Gasteiger partial charge in [-0.25, -0.2) is 0 Å². The van der Waals surface area contributed by atoms with Gasteiger partial charge >= 0.3 is 0 Å². The number of hydrogen-bond acceptors (Lipinski definition) is 3. The molecule has 1 atom stereocenters. The smallest absolute Gasteiger partial charge is 0.194 e. The fourth-order valence-corrected chi connectivity index (χ4v) is 1.72. The Hall–Kier alpha value is -1.87. The molecule has 0 spiro atoms. The van der Waals surface area contributed by atoms with Gasteiger partial charge in [0.15, 0.2) is 5.78 Å². The minimum Gasteiger partial charge on any atom is -0.515 e. The molecule has 1 aliphatic carbocycles. The van der Waals surface area contributed by atoms with Crippen molar-refractivity contribution in [3.63, 3.8) is 0 Å². The van der Waals surface area contributed by atoms with Crippen LogP contribution in [0, 0.1) is 0 Å². The molecule has 0 aliphatic heterocycles. The number of ketones is 1. The van der Waals surface area contributed by atoms with Crippen LogP contribution in [0.5, 0.6) is 0 Å². The molecule has 1 unspecified atom stereocenters. The third-order valence-corrected chi connectivity index (χ3v) is 2.66. The average molecular weight is 230 g/mol. The number of aliphatic hydroxyl groups is 1. The number of Topliss-reactive ketones (excluding diaryl/α,β-unsaturated/α-hetero) is 1. The molecule has 1 aromatic rings. The van der Waals surface area contributed by atoms with Crippen molar-refractivity contribution >= 4 is 5.78 Å². The highest BCUT2D eigenvalue weighted by Crippen LogP contribution is 2.17. The lowest BCUT2D eigenvalue weighted by molar-refractivity contribution is -0.127. The zero-order chi connectivity index (χ0) is 12.1. The molecule has 0 heterocycles. The van der Waals surface area contributed by atoms with Crippen LogP contribution in [0.25, 0.3) is 0 Å². The summed E-state index contributed by atoms with van der Waals surface area (Å²) in [6.07, 6.45) is 4.35. The van der Waals surface area contributed by atoms with Crippen LogP contribution in [-0.2, 0) is 16.1 Å². The Labute approximate surface area is 100 Å². The normalized spacial score (nSPS) is 22.0. The van der Waals surface area contributed by atoms with Gasteiger partial charge < -0.3 is 9.84 Å². The topological polar surface area (TPSA) is 46.5 Å². The van der Waals surface area contributed by atoms with E-state index in [0.717, 1.165) is 11.8 Å². The molecule has 2 rings (SSSR count). The zero-order valence-electron chi connectivity index (χ0n) is 9.37. The summed E-state index contributed by atoms with van der Waals surface area (Å²) in [4.78, 5) is 11.8. The number of rotatable bonds is 3. The third kappa shape index (κ3) is 2.82. The Kier molecular flexibility index (Phi) is 3.73. The quantitative estimate of drug-likeness (QED) is 0.641. The standard InChI is InChI=1S/C14H14O3/c15-9-12-7-4-8-13(14(12)16)17-10-11-5-2-1-3-6-11/h1-7,9,13,15H,8,10H2. The Bertz CT molecular complexity index is 446. The van der Waals surface area contributed by atoms with Gasteiger partial charge in [-0.15, -0.1) is 0 Å². The van der Waals surface area contributed by atoms with E-state index in [1.54, 1.807) is 6.08 Å². The zero-order valence-corrected chi connectivity index (χ0v) is 9.37. The van der Waals surface area contributed by atoms with Crippen LogP contribution in [0.15, 0.2) is 54.3 Å². The SMILES string of the molecule is O=C1C(=CO)C=CCC1OCc1ccccc1. The van der Waals surface area contributed by atoms with E-state index in [-0.39, 0.29) is 5.78 Å². The van der Waals surface area contributed by atoms with E-state index < -0.39 is 6.10 Å². The van der Waals surface area contributed by atoms with Gasteiger partial charge in [0.05, 0.1) is 18.4 Å². The largest absolute Gasteiger partial charge is 0.515 e. The van der Waals surface area contributed by atoms with Gasteiger partial charge in [-0.2, -0.15) is 0 Å². The third-order valence-electron chi connectivity index (χ3n) is 2.66. The van der Waals surface area contributed by atoms with Gasteiger partial charge in [0.2, 0.25) is 0 Å². The Morgan fingerprint density at radius 3 is 2.82 bits per heavy atom. The first-order chi connectivity index (χ1) is 8.31. The molecule has 0 fully saturated rings. The summed E-state index contributed by atoms with van der Waals surface area (Å²) in [6.45, 7) is 0.407. The molecule has 0 saturated heterocycles. The molecule has 88 valence electrons. The number of aliphatic hydroxyl groups excluding tert-OH is 1. The highest BCUT2D eigenvalue weighted by atomic mass is 16.5. The van der Waals surface area contributed by atoms with Crippen molar-refractivity contribution < 1.29 is 14.6 Å². The van der Waals surface area contributed by atoms with Crippen molar-refractivity contribution in [3.05, 3.63) is 59.9 Å². The number of allylic oxidation sites excluding steroid dienone is 1. The molecule has 0 amide bonds. The van der Waals surface area contributed by atoms with Crippen LogP contribution in [0.1, 0.15) is 12.0 Å². The number of hydrogen-bond donors (Lipinski definition) is 1. The molecular formula is C14H14O3. The molecule has 3 heteroatoms. The molecular weight excluding hydrogens is 216 g/mol. The van der Waals surface area contributed by atoms with Crippen molar-refractivity contribution in [2.75, 3.05) is 0 Å². The van der Waals surface area contributed by atoms with E-state index in [2.05, 4.69) is 0 Å². The second kappa shape index (κ2) is 5.46. The Balaban J connectivity index is 1.97. The molecule has 17 heavy (non-hydrogen) atoms. The molecule has 1 aromatic carbocycles. The first kappa shape index (κ1) is 11.6. The summed E-state index contributed by atoms with van der Waals surface area (Å²) in [5.74, 6) is -0.161. The highest BCUT2D eigenvalue weighted by molar-refractivity contribution is 6.02. The Morgan fingerprint density at radius 1 is 1.35 bits per heavy atom. The lowest BCUT2D eigenvalue weighted by Crippen LogP contribution is -2.27. The maximum absolute atomic E-state index is 11.8. The van der Waals surface area contributed by atoms with Gasteiger partial charge in [0.1, 0.15) is 6.10 Å². The van der Waals surface area contributed by atoms with Crippen molar-refractivity contribution in [3.8, 4) is 0 Å². The number of ether oxygens (including phenoxy) is 1. The van der Waals surface area contributed by atoms with Gasteiger partial charge in [-0.3, -0.25) is 4.79 Å². The van der Waals surface area contributed by atoms with Crippen molar-refractivity contribution in [1.29, 1.82) is 0 Å². The molecule has 0 saturated carbocycles. The monoisotopic (exact) mass is 230 g/mol.